The molecule has 2 unspecified atom stereocenters. The van der Waals surface area contributed by atoms with Crippen molar-refractivity contribution < 1.29 is 14.7 Å². The summed E-state index contributed by atoms with van der Waals surface area (Å²) in [6.45, 7) is 7.59. The molecule has 0 aromatic carbocycles. The van der Waals surface area contributed by atoms with Gasteiger partial charge in [0.1, 0.15) is 6.04 Å². The summed E-state index contributed by atoms with van der Waals surface area (Å²) in [6, 6.07) is -0.886. The number of carboxylic acids is 1. The first-order valence-electron chi connectivity index (χ1n) is 6.63. The Morgan fingerprint density at radius 1 is 1.44 bits per heavy atom. The van der Waals surface area contributed by atoms with Crippen molar-refractivity contribution in [3.05, 3.63) is 0 Å². The number of rotatable bonds is 4. The molecule has 1 fully saturated rings. The molecule has 0 aliphatic carbocycles. The number of urea groups is 1. The molecule has 18 heavy (non-hydrogen) atoms. The van der Waals surface area contributed by atoms with E-state index in [9.17, 15) is 9.59 Å². The van der Waals surface area contributed by atoms with E-state index in [0.29, 0.717) is 18.3 Å². The highest BCUT2D eigenvalue weighted by Gasteiger charge is 2.33. The number of hydrogen-bond acceptors (Lipinski definition) is 2. The molecule has 1 heterocycles. The van der Waals surface area contributed by atoms with Crippen molar-refractivity contribution >= 4 is 12.0 Å². The van der Waals surface area contributed by atoms with Crippen LogP contribution in [0.4, 0.5) is 4.79 Å². The summed E-state index contributed by atoms with van der Waals surface area (Å²) in [5.74, 6) is 0.162. The van der Waals surface area contributed by atoms with E-state index in [1.54, 1.807) is 18.9 Å². The van der Waals surface area contributed by atoms with Crippen LogP contribution in [0.2, 0.25) is 0 Å². The van der Waals surface area contributed by atoms with E-state index in [0.717, 1.165) is 19.5 Å². The third-order valence-electron chi connectivity index (χ3n) is 3.88. The number of carboxylic acid groups (broad SMARTS) is 1. The summed E-state index contributed by atoms with van der Waals surface area (Å²) < 4.78 is 0. The average molecular weight is 256 g/mol. The second-order valence-corrected chi connectivity index (χ2v) is 5.39. The molecule has 0 aromatic rings. The minimum atomic E-state index is -0.937. The highest BCUT2D eigenvalue weighted by atomic mass is 16.4. The van der Waals surface area contributed by atoms with Crippen LogP contribution in [-0.2, 0) is 4.79 Å². The van der Waals surface area contributed by atoms with Crippen LogP contribution >= 0.6 is 0 Å². The number of nitrogens with zero attached hydrogens (tertiary/aromatic N) is 2. The minimum Gasteiger partial charge on any atom is -0.480 e. The summed E-state index contributed by atoms with van der Waals surface area (Å²) in [5.41, 5.74) is 0. The van der Waals surface area contributed by atoms with Gasteiger partial charge in [0.25, 0.3) is 0 Å². The third-order valence-corrected chi connectivity index (χ3v) is 3.88. The number of likely N-dealkylation sites (tertiary alicyclic amines) is 1. The van der Waals surface area contributed by atoms with Gasteiger partial charge < -0.3 is 14.9 Å². The smallest absolute Gasteiger partial charge is 0.326 e. The van der Waals surface area contributed by atoms with Crippen LogP contribution in [-0.4, -0.2) is 53.1 Å². The predicted octanol–water partition coefficient (Wildman–Crippen LogP) is 1.88. The zero-order chi connectivity index (χ0) is 13.9. The Labute approximate surface area is 109 Å². The number of aliphatic carboxylic acids is 1. The average Bonchev–Trinajstić information content (AvgIpc) is 2.77. The van der Waals surface area contributed by atoms with Gasteiger partial charge in [0.05, 0.1) is 0 Å². The molecule has 104 valence electrons. The molecule has 1 saturated heterocycles. The van der Waals surface area contributed by atoms with Crippen molar-refractivity contribution in [1.29, 1.82) is 0 Å². The maximum atomic E-state index is 12.2. The van der Waals surface area contributed by atoms with Gasteiger partial charge in [-0.1, -0.05) is 20.8 Å². The number of amides is 2. The SMILES string of the molecule is CCC(C(=O)O)N(C)C(=O)N1CCC(C(C)C)C1. The topological polar surface area (TPSA) is 60.9 Å². The van der Waals surface area contributed by atoms with E-state index in [1.807, 2.05) is 0 Å². The molecular formula is C13H24N2O3. The summed E-state index contributed by atoms with van der Waals surface area (Å²) >= 11 is 0. The lowest BCUT2D eigenvalue weighted by Gasteiger charge is -2.29. The van der Waals surface area contributed by atoms with Crippen LogP contribution < -0.4 is 0 Å². The third kappa shape index (κ3) is 3.15. The van der Waals surface area contributed by atoms with E-state index < -0.39 is 12.0 Å². The van der Waals surface area contributed by atoms with Crippen molar-refractivity contribution in [3.8, 4) is 0 Å². The minimum absolute atomic E-state index is 0.160. The summed E-state index contributed by atoms with van der Waals surface area (Å²) in [4.78, 5) is 26.4. The van der Waals surface area contributed by atoms with Crippen LogP contribution in [0.25, 0.3) is 0 Å². The molecule has 0 bridgehead atoms. The van der Waals surface area contributed by atoms with Gasteiger partial charge in [-0.2, -0.15) is 0 Å². The van der Waals surface area contributed by atoms with E-state index >= 15 is 0 Å². The Kier molecular flexibility index (Phi) is 4.99. The zero-order valence-corrected chi connectivity index (χ0v) is 11.7. The Hall–Kier alpha value is -1.26. The summed E-state index contributed by atoms with van der Waals surface area (Å²) in [7, 11) is 1.58. The largest absolute Gasteiger partial charge is 0.480 e. The van der Waals surface area contributed by atoms with Gasteiger partial charge in [-0.05, 0) is 24.7 Å². The lowest BCUT2D eigenvalue weighted by molar-refractivity contribution is -0.142. The lowest BCUT2D eigenvalue weighted by Crippen LogP contribution is -2.48. The second-order valence-electron chi connectivity index (χ2n) is 5.39. The van der Waals surface area contributed by atoms with Crippen molar-refractivity contribution in [2.24, 2.45) is 11.8 Å². The standard InChI is InChI=1S/C13H24N2O3/c1-5-11(12(16)17)14(4)13(18)15-7-6-10(8-15)9(2)3/h9-11H,5-8H2,1-4H3,(H,16,17). The second kappa shape index (κ2) is 6.07. The maximum Gasteiger partial charge on any atom is 0.326 e. The molecular weight excluding hydrogens is 232 g/mol. The van der Waals surface area contributed by atoms with Crippen LogP contribution in [0.5, 0.6) is 0 Å². The maximum absolute atomic E-state index is 12.2. The molecule has 0 spiro atoms. The number of likely N-dealkylation sites (N-methyl/N-ethyl adjacent to an activating group) is 1. The van der Waals surface area contributed by atoms with Crippen molar-refractivity contribution in [2.75, 3.05) is 20.1 Å². The van der Waals surface area contributed by atoms with Gasteiger partial charge in [0.15, 0.2) is 0 Å². The fraction of sp³-hybridized carbons (Fsp3) is 0.846. The van der Waals surface area contributed by atoms with E-state index in [4.69, 9.17) is 5.11 Å². The van der Waals surface area contributed by atoms with E-state index in [2.05, 4.69) is 13.8 Å². The highest BCUT2D eigenvalue weighted by molar-refractivity contribution is 5.82. The molecule has 5 heteroatoms. The van der Waals surface area contributed by atoms with Gasteiger partial charge in [-0.15, -0.1) is 0 Å². The summed E-state index contributed by atoms with van der Waals surface area (Å²) in [5, 5.41) is 9.06. The molecule has 1 aliphatic heterocycles. The van der Waals surface area contributed by atoms with Crippen LogP contribution in [0.1, 0.15) is 33.6 Å². The fourth-order valence-electron chi connectivity index (χ4n) is 2.48. The highest BCUT2D eigenvalue weighted by Crippen LogP contribution is 2.24. The van der Waals surface area contributed by atoms with Gasteiger partial charge in [-0.3, -0.25) is 0 Å². The monoisotopic (exact) mass is 256 g/mol. The Morgan fingerprint density at radius 2 is 2.06 bits per heavy atom. The zero-order valence-electron chi connectivity index (χ0n) is 11.7. The van der Waals surface area contributed by atoms with Gasteiger partial charge in [0, 0.05) is 20.1 Å². The summed E-state index contributed by atoms with van der Waals surface area (Å²) in [6.07, 6.45) is 1.44. The van der Waals surface area contributed by atoms with Crippen molar-refractivity contribution in [2.45, 2.75) is 39.7 Å². The normalized spacial score (nSPS) is 21.2. The van der Waals surface area contributed by atoms with E-state index in [1.165, 1.54) is 4.90 Å². The lowest BCUT2D eigenvalue weighted by atomic mass is 9.95. The number of hydrogen-bond donors (Lipinski definition) is 1. The molecule has 0 saturated carbocycles. The first-order chi connectivity index (χ1) is 8.38. The van der Waals surface area contributed by atoms with Crippen LogP contribution in [0.3, 0.4) is 0 Å². The van der Waals surface area contributed by atoms with Gasteiger partial charge in [0.2, 0.25) is 0 Å². The Morgan fingerprint density at radius 3 is 2.44 bits per heavy atom. The quantitative estimate of drug-likeness (QED) is 0.835. The van der Waals surface area contributed by atoms with Crippen molar-refractivity contribution in [1.82, 2.24) is 9.80 Å². The van der Waals surface area contributed by atoms with Gasteiger partial charge in [-0.25, -0.2) is 9.59 Å². The van der Waals surface area contributed by atoms with Crippen LogP contribution in [0, 0.1) is 11.8 Å². The molecule has 2 amide bonds. The van der Waals surface area contributed by atoms with Gasteiger partial charge >= 0.3 is 12.0 Å². The fourth-order valence-corrected chi connectivity index (χ4v) is 2.48. The van der Waals surface area contributed by atoms with Crippen molar-refractivity contribution in [3.63, 3.8) is 0 Å². The predicted molar refractivity (Wildman–Crippen MR) is 69.4 cm³/mol. The molecule has 1 aliphatic rings. The first-order valence-corrected chi connectivity index (χ1v) is 6.63. The Bertz CT molecular complexity index is 317. The molecule has 0 radical (unpaired) electrons. The molecule has 1 rings (SSSR count). The number of carbonyl (C=O) groups is 2. The first kappa shape index (κ1) is 14.8. The van der Waals surface area contributed by atoms with Crippen LogP contribution in [0.15, 0.2) is 0 Å². The molecule has 0 aromatic heterocycles. The van der Waals surface area contributed by atoms with E-state index in [-0.39, 0.29) is 6.03 Å². The molecule has 5 nitrogen and oxygen atoms in total. The number of carbonyl (C=O) groups excluding carboxylic acids is 1. The Balaban J connectivity index is 2.62. The molecule has 1 N–H and O–H groups in total. The molecule has 2 atom stereocenters.